The number of nitrogens with one attached hydrogen (secondary N) is 1. The first kappa shape index (κ1) is 13.8. The predicted octanol–water partition coefficient (Wildman–Crippen LogP) is 1.17. The molecule has 1 unspecified atom stereocenters. The van der Waals surface area contributed by atoms with Crippen LogP contribution < -0.4 is 5.32 Å². The molecule has 0 bridgehead atoms. The van der Waals surface area contributed by atoms with E-state index in [1.807, 2.05) is 0 Å². The molecule has 5 heteroatoms. The van der Waals surface area contributed by atoms with E-state index in [0.29, 0.717) is 32.3 Å². The third kappa shape index (κ3) is 3.93. The molecule has 1 aliphatic carbocycles. The first-order chi connectivity index (χ1) is 8.60. The number of hydrogen-bond acceptors (Lipinski definition) is 4. The van der Waals surface area contributed by atoms with E-state index < -0.39 is 11.5 Å². The summed E-state index contributed by atoms with van der Waals surface area (Å²) in [5.74, 6) is -0.747. The van der Waals surface area contributed by atoms with Crippen molar-refractivity contribution < 1.29 is 19.4 Å². The fourth-order valence-electron chi connectivity index (χ4n) is 2.06. The molecular weight excluding hydrogens is 234 g/mol. The molecular formula is C13H23NO4. The van der Waals surface area contributed by atoms with Crippen LogP contribution in [0.25, 0.3) is 0 Å². The van der Waals surface area contributed by atoms with Gasteiger partial charge in [0, 0.05) is 12.6 Å². The van der Waals surface area contributed by atoms with Crippen LogP contribution in [0, 0.1) is 0 Å². The maximum atomic E-state index is 11.3. The molecule has 1 saturated carbocycles. The molecule has 0 spiro atoms. The lowest BCUT2D eigenvalue weighted by molar-refractivity contribution is -0.144. The summed E-state index contributed by atoms with van der Waals surface area (Å²) in [4.78, 5) is 11.3. The number of ether oxygens (including phenoxy) is 2. The Balaban J connectivity index is 1.60. The Bertz CT molecular complexity index is 289. The Hall–Kier alpha value is -0.650. The molecule has 1 aliphatic heterocycles. The second-order valence-corrected chi connectivity index (χ2v) is 5.54. The summed E-state index contributed by atoms with van der Waals surface area (Å²) in [6.45, 7) is 3.90. The van der Waals surface area contributed by atoms with Crippen molar-refractivity contribution in [3.8, 4) is 0 Å². The Morgan fingerprint density at radius 3 is 2.67 bits per heavy atom. The number of unbranched alkanes of at least 4 members (excludes halogenated alkanes) is 1. The van der Waals surface area contributed by atoms with Crippen molar-refractivity contribution in [2.24, 2.45) is 0 Å². The molecule has 0 amide bonds. The highest BCUT2D eigenvalue weighted by molar-refractivity contribution is 5.78. The van der Waals surface area contributed by atoms with Crippen molar-refractivity contribution in [3.63, 3.8) is 0 Å². The van der Waals surface area contributed by atoms with Gasteiger partial charge in [-0.05, 0) is 39.0 Å². The van der Waals surface area contributed by atoms with Crippen LogP contribution in [0.5, 0.6) is 0 Å². The van der Waals surface area contributed by atoms with Gasteiger partial charge in [0.15, 0.2) is 0 Å². The molecule has 1 heterocycles. The molecule has 2 fully saturated rings. The highest BCUT2D eigenvalue weighted by Gasteiger charge is 2.37. The molecule has 104 valence electrons. The Morgan fingerprint density at radius 1 is 1.44 bits per heavy atom. The van der Waals surface area contributed by atoms with E-state index in [1.165, 1.54) is 0 Å². The maximum absolute atomic E-state index is 11.3. The minimum Gasteiger partial charge on any atom is -0.480 e. The molecule has 2 N–H and O–H groups in total. The molecule has 1 saturated heterocycles. The van der Waals surface area contributed by atoms with E-state index in [9.17, 15) is 9.90 Å². The zero-order chi connectivity index (χ0) is 13.0. The monoisotopic (exact) mass is 257 g/mol. The van der Waals surface area contributed by atoms with E-state index in [1.54, 1.807) is 6.92 Å². The number of aliphatic carboxylic acids is 1. The average molecular weight is 257 g/mol. The number of carboxylic acid groups (broad SMARTS) is 1. The van der Waals surface area contributed by atoms with Crippen LogP contribution in [0.15, 0.2) is 0 Å². The van der Waals surface area contributed by atoms with Crippen LogP contribution in [0.3, 0.4) is 0 Å². The van der Waals surface area contributed by atoms with Gasteiger partial charge in [0.25, 0.3) is 0 Å². The summed E-state index contributed by atoms with van der Waals surface area (Å²) < 4.78 is 10.6. The highest BCUT2D eigenvalue weighted by Crippen LogP contribution is 2.25. The largest absolute Gasteiger partial charge is 0.480 e. The van der Waals surface area contributed by atoms with E-state index in [2.05, 4.69) is 5.32 Å². The lowest BCUT2D eigenvalue weighted by Gasteiger charge is -2.27. The van der Waals surface area contributed by atoms with Gasteiger partial charge in [-0.25, -0.2) is 0 Å². The first-order valence-electron chi connectivity index (χ1n) is 6.80. The van der Waals surface area contributed by atoms with Crippen molar-refractivity contribution >= 4 is 5.97 Å². The lowest BCUT2D eigenvalue weighted by Crippen LogP contribution is -2.50. The third-order valence-electron chi connectivity index (χ3n) is 3.60. The third-order valence-corrected chi connectivity index (χ3v) is 3.60. The van der Waals surface area contributed by atoms with Crippen molar-refractivity contribution in [2.45, 2.75) is 56.7 Å². The van der Waals surface area contributed by atoms with E-state index in [-0.39, 0.29) is 6.10 Å². The van der Waals surface area contributed by atoms with Crippen LogP contribution in [0.4, 0.5) is 0 Å². The van der Waals surface area contributed by atoms with E-state index in [0.717, 1.165) is 25.7 Å². The highest BCUT2D eigenvalue weighted by atomic mass is 16.6. The standard InChI is InChI=1S/C13H23NO4/c1-13(12(15)16,14-10-4-5-10)6-2-3-7-18-11-8-17-9-11/h10-11,14H,2-9H2,1H3,(H,15,16). The number of rotatable bonds is 9. The predicted molar refractivity (Wildman–Crippen MR) is 66.6 cm³/mol. The van der Waals surface area contributed by atoms with Gasteiger partial charge in [-0.1, -0.05) is 0 Å². The molecule has 2 rings (SSSR count). The minimum atomic E-state index is -0.777. The number of hydrogen-bond donors (Lipinski definition) is 2. The van der Waals surface area contributed by atoms with Gasteiger partial charge in [0.1, 0.15) is 11.6 Å². The summed E-state index contributed by atoms with van der Waals surface area (Å²) in [7, 11) is 0. The van der Waals surface area contributed by atoms with Gasteiger partial charge in [0.2, 0.25) is 0 Å². The van der Waals surface area contributed by atoms with Gasteiger partial charge in [-0.2, -0.15) is 0 Å². The summed E-state index contributed by atoms with van der Waals surface area (Å²) in [6.07, 6.45) is 4.91. The number of carbonyl (C=O) groups is 1. The molecule has 0 aromatic heterocycles. The Morgan fingerprint density at radius 2 is 2.17 bits per heavy atom. The zero-order valence-electron chi connectivity index (χ0n) is 11.0. The van der Waals surface area contributed by atoms with Crippen molar-refractivity contribution in [2.75, 3.05) is 19.8 Å². The molecule has 18 heavy (non-hydrogen) atoms. The second-order valence-electron chi connectivity index (χ2n) is 5.54. The first-order valence-corrected chi connectivity index (χ1v) is 6.80. The van der Waals surface area contributed by atoms with Crippen molar-refractivity contribution in [1.29, 1.82) is 0 Å². The van der Waals surface area contributed by atoms with Crippen LogP contribution >= 0.6 is 0 Å². The van der Waals surface area contributed by atoms with E-state index in [4.69, 9.17) is 9.47 Å². The van der Waals surface area contributed by atoms with Crippen LogP contribution in [0.2, 0.25) is 0 Å². The second kappa shape index (κ2) is 5.99. The molecule has 0 aromatic rings. The van der Waals surface area contributed by atoms with Gasteiger partial charge < -0.3 is 14.6 Å². The van der Waals surface area contributed by atoms with Crippen LogP contribution in [-0.2, 0) is 14.3 Å². The summed E-state index contributed by atoms with van der Waals surface area (Å²) in [6, 6.07) is 0.412. The van der Waals surface area contributed by atoms with Gasteiger partial charge in [0.05, 0.1) is 13.2 Å². The Labute approximate surface area is 108 Å². The van der Waals surface area contributed by atoms with Crippen molar-refractivity contribution in [1.82, 2.24) is 5.32 Å². The smallest absolute Gasteiger partial charge is 0.323 e. The summed E-state index contributed by atoms with van der Waals surface area (Å²) in [5, 5.41) is 12.5. The normalized spacial score (nSPS) is 23.4. The lowest BCUT2D eigenvalue weighted by atomic mass is 9.95. The molecule has 5 nitrogen and oxygen atoms in total. The van der Waals surface area contributed by atoms with Gasteiger partial charge >= 0.3 is 5.97 Å². The zero-order valence-corrected chi connectivity index (χ0v) is 11.0. The van der Waals surface area contributed by atoms with Crippen LogP contribution in [-0.4, -0.2) is 48.6 Å². The topological polar surface area (TPSA) is 67.8 Å². The maximum Gasteiger partial charge on any atom is 0.323 e. The summed E-state index contributed by atoms with van der Waals surface area (Å²) >= 11 is 0. The minimum absolute atomic E-state index is 0.264. The molecule has 0 aromatic carbocycles. The van der Waals surface area contributed by atoms with Crippen molar-refractivity contribution in [3.05, 3.63) is 0 Å². The van der Waals surface area contributed by atoms with Gasteiger partial charge in [-0.3, -0.25) is 10.1 Å². The number of carboxylic acids is 1. The quantitative estimate of drug-likeness (QED) is 0.607. The average Bonchev–Trinajstić information content (AvgIpc) is 3.04. The van der Waals surface area contributed by atoms with Crippen LogP contribution in [0.1, 0.15) is 39.0 Å². The fourth-order valence-corrected chi connectivity index (χ4v) is 2.06. The molecule has 0 radical (unpaired) electrons. The molecule has 2 aliphatic rings. The summed E-state index contributed by atoms with van der Waals surface area (Å²) in [5.41, 5.74) is -0.777. The fraction of sp³-hybridized carbons (Fsp3) is 0.923. The SMILES string of the molecule is CC(CCCCOC1COC1)(NC1CC1)C(=O)O. The van der Waals surface area contributed by atoms with E-state index >= 15 is 0 Å². The van der Waals surface area contributed by atoms with Gasteiger partial charge in [-0.15, -0.1) is 0 Å². The Kier molecular flexibility index (Phi) is 4.59. The molecule has 1 atom stereocenters.